The fourth-order valence-corrected chi connectivity index (χ4v) is 2.39. The first-order chi connectivity index (χ1) is 12.6. The Hall–Kier alpha value is -2.56. The van der Waals surface area contributed by atoms with Crippen molar-refractivity contribution in [1.29, 1.82) is 0 Å². The van der Waals surface area contributed by atoms with Crippen LogP contribution in [0.1, 0.15) is 32.0 Å². The highest BCUT2D eigenvalue weighted by atomic mass is 16.5. The van der Waals surface area contributed by atoms with E-state index in [1.807, 2.05) is 13.8 Å². The van der Waals surface area contributed by atoms with Gasteiger partial charge in [0.05, 0.1) is 0 Å². The maximum Gasteiger partial charge on any atom is 0.489 e. The van der Waals surface area contributed by atoms with Crippen molar-refractivity contribution in [2.75, 3.05) is 6.61 Å². The van der Waals surface area contributed by atoms with Gasteiger partial charge < -0.3 is 23.6 Å². The summed E-state index contributed by atoms with van der Waals surface area (Å²) in [6.45, 7) is 4.65. The molecule has 0 radical (unpaired) electrons. The molecular formula is C16H19BN4O5. The number of hydrogen-bond acceptors (Lipinski definition) is 9. The van der Waals surface area contributed by atoms with Crippen LogP contribution >= 0.6 is 0 Å². The molecule has 0 saturated heterocycles. The van der Waals surface area contributed by atoms with Crippen molar-refractivity contribution in [3.8, 4) is 22.9 Å². The summed E-state index contributed by atoms with van der Waals surface area (Å²) >= 11 is 0. The van der Waals surface area contributed by atoms with Crippen molar-refractivity contribution in [3.63, 3.8) is 0 Å². The lowest BCUT2D eigenvalue weighted by atomic mass is 9.76. The Labute approximate surface area is 150 Å². The van der Waals surface area contributed by atoms with E-state index in [9.17, 15) is 10.0 Å². The van der Waals surface area contributed by atoms with Crippen LogP contribution in [0, 0.1) is 0 Å². The van der Waals surface area contributed by atoms with Gasteiger partial charge in [-0.15, -0.1) is 20.4 Å². The summed E-state index contributed by atoms with van der Waals surface area (Å²) in [7, 11) is -1.68. The first-order valence-electron chi connectivity index (χ1n) is 8.35. The average Bonchev–Trinajstić information content (AvgIpc) is 3.29. The second-order valence-electron chi connectivity index (χ2n) is 5.56. The summed E-state index contributed by atoms with van der Waals surface area (Å²) < 4.78 is 16.4. The van der Waals surface area contributed by atoms with E-state index in [1.165, 1.54) is 0 Å². The van der Waals surface area contributed by atoms with Crippen LogP contribution in [0.4, 0.5) is 0 Å². The van der Waals surface area contributed by atoms with Crippen LogP contribution in [0.2, 0.25) is 0 Å². The Bertz CT molecular complexity index is 864. The zero-order chi connectivity index (χ0) is 18.5. The van der Waals surface area contributed by atoms with Crippen LogP contribution in [-0.4, -0.2) is 44.2 Å². The molecular weight excluding hydrogens is 339 g/mol. The highest BCUT2D eigenvalue weighted by molar-refractivity contribution is 6.60. The zero-order valence-corrected chi connectivity index (χ0v) is 14.5. The third-order valence-corrected chi connectivity index (χ3v) is 3.64. The number of aromatic nitrogens is 4. The fourth-order valence-electron chi connectivity index (χ4n) is 2.39. The second kappa shape index (κ2) is 8.22. The van der Waals surface area contributed by atoms with Crippen LogP contribution in [0.15, 0.2) is 27.0 Å². The van der Waals surface area contributed by atoms with Crippen LogP contribution in [0.5, 0.6) is 0 Å². The summed E-state index contributed by atoms with van der Waals surface area (Å²) in [6, 6.07) is 4.85. The number of ether oxygens (including phenoxy) is 1. The van der Waals surface area contributed by atoms with E-state index >= 15 is 0 Å². The monoisotopic (exact) mass is 358 g/mol. The van der Waals surface area contributed by atoms with E-state index < -0.39 is 7.12 Å². The van der Waals surface area contributed by atoms with Gasteiger partial charge in [0.15, 0.2) is 0 Å². The number of benzene rings is 1. The molecule has 2 aromatic heterocycles. The lowest BCUT2D eigenvalue weighted by molar-refractivity contribution is 0.115. The standard InChI is InChI=1S/C16H19BN4O5/c1-3-5-13-18-21-16(25-13)11-8-10(6-7-12(11)17(22)23)15-20-19-14(26-15)9-24-4-2/h6-8,22-23H,3-5,9H2,1-2H3. The van der Waals surface area contributed by atoms with Gasteiger partial charge >= 0.3 is 7.12 Å². The third-order valence-electron chi connectivity index (χ3n) is 3.64. The summed E-state index contributed by atoms with van der Waals surface area (Å²) in [5.41, 5.74) is 1.24. The van der Waals surface area contributed by atoms with Crippen molar-refractivity contribution >= 4 is 12.6 Å². The Morgan fingerprint density at radius 2 is 1.73 bits per heavy atom. The first-order valence-corrected chi connectivity index (χ1v) is 8.35. The highest BCUT2D eigenvalue weighted by Gasteiger charge is 2.22. The van der Waals surface area contributed by atoms with E-state index in [0.29, 0.717) is 35.9 Å². The molecule has 0 bridgehead atoms. The molecule has 0 amide bonds. The SMILES string of the molecule is CCCc1nnc(-c2cc(-c3nnc(COCC)o3)ccc2B(O)O)o1. The predicted octanol–water partition coefficient (Wildman–Crippen LogP) is 0.955. The van der Waals surface area contributed by atoms with Crippen molar-refractivity contribution in [1.82, 2.24) is 20.4 Å². The molecule has 0 aliphatic carbocycles. The van der Waals surface area contributed by atoms with E-state index in [0.717, 1.165) is 6.42 Å². The molecule has 0 spiro atoms. The average molecular weight is 358 g/mol. The maximum absolute atomic E-state index is 9.64. The zero-order valence-electron chi connectivity index (χ0n) is 14.5. The normalized spacial score (nSPS) is 11.1. The van der Waals surface area contributed by atoms with Crippen LogP contribution < -0.4 is 5.46 Å². The van der Waals surface area contributed by atoms with E-state index in [1.54, 1.807) is 18.2 Å². The smallest absolute Gasteiger partial charge is 0.423 e. The molecule has 2 heterocycles. The molecule has 0 aliphatic rings. The number of hydrogen-bond donors (Lipinski definition) is 2. The Morgan fingerprint density at radius 1 is 1.00 bits per heavy atom. The minimum Gasteiger partial charge on any atom is -0.423 e. The van der Waals surface area contributed by atoms with Crippen molar-refractivity contribution < 1.29 is 23.6 Å². The molecule has 0 fully saturated rings. The number of aryl methyl sites for hydroxylation is 1. The largest absolute Gasteiger partial charge is 0.489 e. The van der Waals surface area contributed by atoms with E-state index in [2.05, 4.69) is 20.4 Å². The summed E-state index contributed by atoms with van der Waals surface area (Å²) in [5, 5.41) is 35.2. The third kappa shape index (κ3) is 3.98. The molecule has 0 saturated carbocycles. The quantitative estimate of drug-likeness (QED) is 0.566. The lowest BCUT2D eigenvalue weighted by Crippen LogP contribution is -2.31. The summed E-state index contributed by atoms with van der Waals surface area (Å²) in [5.74, 6) is 1.33. The van der Waals surface area contributed by atoms with Gasteiger partial charge in [0.2, 0.25) is 23.6 Å². The van der Waals surface area contributed by atoms with Crippen molar-refractivity contribution in [2.24, 2.45) is 0 Å². The van der Waals surface area contributed by atoms with Gasteiger partial charge in [-0.25, -0.2) is 0 Å². The molecule has 2 N–H and O–H groups in total. The summed E-state index contributed by atoms with van der Waals surface area (Å²) in [6.07, 6.45) is 1.51. The second-order valence-corrected chi connectivity index (χ2v) is 5.56. The fraction of sp³-hybridized carbons (Fsp3) is 0.375. The molecule has 136 valence electrons. The van der Waals surface area contributed by atoms with Crippen LogP contribution in [-0.2, 0) is 17.8 Å². The summed E-state index contributed by atoms with van der Waals surface area (Å²) in [4.78, 5) is 0. The van der Waals surface area contributed by atoms with Crippen molar-refractivity contribution in [2.45, 2.75) is 33.3 Å². The first kappa shape index (κ1) is 18.2. The van der Waals surface area contributed by atoms with Gasteiger partial charge in [0.25, 0.3) is 0 Å². The maximum atomic E-state index is 9.64. The Balaban J connectivity index is 1.96. The molecule has 0 aliphatic heterocycles. The molecule has 10 heteroatoms. The molecule has 26 heavy (non-hydrogen) atoms. The minimum absolute atomic E-state index is 0.201. The van der Waals surface area contributed by atoms with Crippen LogP contribution in [0.25, 0.3) is 22.9 Å². The van der Waals surface area contributed by atoms with Crippen molar-refractivity contribution in [3.05, 3.63) is 30.0 Å². The molecule has 1 aromatic carbocycles. The minimum atomic E-state index is -1.68. The Morgan fingerprint density at radius 3 is 2.46 bits per heavy atom. The van der Waals surface area contributed by atoms with E-state index in [4.69, 9.17) is 13.6 Å². The van der Waals surface area contributed by atoms with Gasteiger partial charge in [-0.05, 0) is 30.9 Å². The lowest BCUT2D eigenvalue weighted by Gasteiger charge is -2.06. The van der Waals surface area contributed by atoms with Crippen LogP contribution in [0.3, 0.4) is 0 Å². The topological polar surface area (TPSA) is 128 Å². The van der Waals surface area contributed by atoms with Gasteiger partial charge in [0.1, 0.15) is 6.61 Å². The van der Waals surface area contributed by atoms with Gasteiger partial charge in [-0.2, -0.15) is 0 Å². The number of nitrogens with zero attached hydrogens (tertiary/aromatic N) is 4. The molecule has 0 unspecified atom stereocenters. The number of rotatable bonds is 8. The predicted molar refractivity (Wildman–Crippen MR) is 92.2 cm³/mol. The molecule has 9 nitrogen and oxygen atoms in total. The van der Waals surface area contributed by atoms with Gasteiger partial charge in [-0.1, -0.05) is 13.0 Å². The highest BCUT2D eigenvalue weighted by Crippen LogP contribution is 2.24. The molecule has 3 rings (SSSR count). The molecule has 0 atom stereocenters. The van der Waals surface area contributed by atoms with E-state index in [-0.39, 0.29) is 23.9 Å². The Kier molecular flexibility index (Phi) is 5.76. The van der Waals surface area contributed by atoms with Gasteiger partial charge in [-0.3, -0.25) is 0 Å². The molecule has 3 aromatic rings. The van der Waals surface area contributed by atoms with Gasteiger partial charge in [0, 0.05) is 24.2 Å².